The molecule has 1 amide bonds. The quantitative estimate of drug-likeness (QED) is 0.731. The van der Waals surface area contributed by atoms with E-state index < -0.39 is 0 Å². The summed E-state index contributed by atoms with van der Waals surface area (Å²) in [6, 6.07) is 13.8. The summed E-state index contributed by atoms with van der Waals surface area (Å²) in [6.45, 7) is 2.82. The largest absolute Gasteiger partial charge is 0.493 e. The van der Waals surface area contributed by atoms with Crippen LogP contribution in [0.25, 0.3) is 0 Å². The van der Waals surface area contributed by atoms with Crippen LogP contribution in [0.1, 0.15) is 24.8 Å². The molecule has 1 saturated heterocycles. The summed E-state index contributed by atoms with van der Waals surface area (Å²) >= 11 is 0. The number of amides is 1. The van der Waals surface area contributed by atoms with E-state index in [0.29, 0.717) is 18.0 Å². The Morgan fingerprint density at radius 2 is 1.75 bits per heavy atom. The van der Waals surface area contributed by atoms with E-state index in [4.69, 9.17) is 9.47 Å². The second kappa shape index (κ2) is 9.88. The van der Waals surface area contributed by atoms with Gasteiger partial charge in [-0.25, -0.2) is 0 Å². The molecule has 0 aromatic heterocycles. The van der Waals surface area contributed by atoms with Crippen molar-refractivity contribution in [3.05, 3.63) is 48.0 Å². The molecular weight excluding hydrogens is 354 g/mol. The van der Waals surface area contributed by atoms with Crippen molar-refractivity contribution in [1.29, 1.82) is 0 Å². The first-order valence-corrected chi connectivity index (χ1v) is 9.76. The lowest BCUT2D eigenvalue weighted by Crippen LogP contribution is -2.32. The van der Waals surface area contributed by atoms with Gasteiger partial charge in [-0.1, -0.05) is 18.2 Å². The number of para-hydroxylation sites is 2. The number of piperidine rings is 1. The molecule has 0 unspecified atom stereocenters. The Labute approximate surface area is 166 Å². The number of carbonyl (C=O) groups is 1. The molecule has 1 fully saturated rings. The third kappa shape index (κ3) is 5.09. The summed E-state index contributed by atoms with van der Waals surface area (Å²) in [5.74, 6) is 1.28. The number of ether oxygens (including phenoxy) is 2. The molecule has 28 heavy (non-hydrogen) atoms. The molecule has 0 saturated carbocycles. The van der Waals surface area contributed by atoms with Gasteiger partial charge >= 0.3 is 0 Å². The molecule has 150 valence electrons. The Kier molecular flexibility index (Phi) is 7.00. The molecule has 0 bridgehead atoms. The predicted molar refractivity (Wildman–Crippen MR) is 112 cm³/mol. The van der Waals surface area contributed by atoms with Gasteiger partial charge < -0.3 is 25.0 Å². The second-order valence-electron chi connectivity index (χ2n) is 6.88. The smallest absolute Gasteiger partial charge is 0.239 e. The van der Waals surface area contributed by atoms with Gasteiger partial charge in [-0.2, -0.15) is 0 Å². The van der Waals surface area contributed by atoms with Crippen molar-refractivity contribution < 1.29 is 14.3 Å². The summed E-state index contributed by atoms with van der Waals surface area (Å²) in [7, 11) is 3.20. The third-order valence-electron chi connectivity index (χ3n) is 4.98. The van der Waals surface area contributed by atoms with Crippen molar-refractivity contribution in [3.8, 4) is 11.5 Å². The Hall–Kier alpha value is -2.89. The summed E-state index contributed by atoms with van der Waals surface area (Å²) in [4.78, 5) is 14.7. The lowest BCUT2D eigenvalue weighted by Gasteiger charge is -2.30. The number of nitrogens with zero attached hydrogens (tertiary/aromatic N) is 1. The lowest BCUT2D eigenvalue weighted by atomic mass is 10.1. The molecule has 2 aromatic rings. The van der Waals surface area contributed by atoms with Gasteiger partial charge in [-0.15, -0.1) is 0 Å². The molecule has 0 atom stereocenters. The van der Waals surface area contributed by atoms with E-state index in [1.165, 1.54) is 24.9 Å². The summed E-state index contributed by atoms with van der Waals surface area (Å²) in [5, 5.41) is 6.23. The maximum Gasteiger partial charge on any atom is 0.239 e. The highest BCUT2D eigenvalue weighted by molar-refractivity contribution is 5.82. The van der Waals surface area contributed by atoms with Crippen molar-refractivity contribution in [2.45, 2.75) is 25.8 Å². The first-order chi connectivity index (χ1) is 13.7. The topological polar surface area (TPSA) is 62.8 Å². The molecule has 0 spiro atoms. The molecule has 0 aliphatic carbocycles. The summed E-state index contributed by atoms with van der Waals surface area (Å²) in [5.41, 5.74) is 3.14. The molecule has 1 aliphatic heterocycles. The van der Waals surface area contributed by atoms with E-state index in [0.717, 1.165) is 24.3 Å². The highest BCUT2D eigenvalue weighted by atomic mass is 16.5. The Morgan fingerprint density at radius 1 is 1.00 bits per heavy atom. The number of hydrogen-bond donors (Lipinski definition) is 2. The maximum absolute atomic E-state index is 12.3. The minimum atomic E-state index is -0.0526. The van der Waals surface area contributed by atoms with Gasteiger partial charge in [-0.05, 0) is 49.1 Å². The Bertz CT molecular complexity index is 788. The van der Waals surface area contributed by atoms with E-state index >= 15 is 0 Å². The zero-order valence-corrected chi connectivity index (χ0v) is 16.7. The first kappa shape index (κ1) is 19.9. The number of nitrogens with one attached hydrogen (secondary N) is 2. The Balaban J connectivity index is 1.54. The molecule has 1 heterocycles. The highest BCUT2D eigenvalue weighted by Crippen LogP contribution is 2.28. The number of hydrogen-bond acceptors (Lipinski definition) is 5. The third-order valence-corrected chi connectivity index (χ3v) is 4.98. The average molecular weight is 383 g/mol. The van der Waals surface area contributed by atoms with Gasteiger partial charge in [0.05, 0.1) is 32.1 Å². The minimum absolute atomic E-state index is 0.0526. The minimum Gasteiger partial charge on any atom is -0.493 e. The molecule has 6 heteroatoms. The van der Waals surface area contributed by atoms with Gasteiger partial charge in [0.1, 0.15) is 0 Å². The van der Waals surface area contributed by atoms with Gasteiger partial charge in [0.15, 0.2) is 11.5 Å². The van der Waals surface area contributed by atoms with E-state index in [1.807, 2.05) is 36.4 Å². The molecule has 0 radical (unpaired) electrons. The number of rotatable bonds is 8. The fourth-order valence-corrected chi connectivity index (χ4v) is 3.46. The predicted octanol–water partition coefficient (Wildman–Crippen LogP) is 3.42. The van der Waals surface area contributed by atoms with Crippen LogP contribution in [-0.2, 0) is 11.3 Å². The zero-order chi connectivity index (χ0) is 19.8. The van der Waals surface area contributed by atoms with Crippen LogP contribution in [-0.4, -0.2) is 39.8 Å². The summed E-state index contributed by atoms with van der Waals surface area (Å²) < 4.78 is 10.5. The number of methoxy groups -OCH3 is 2. The monoisotopic (exact) mass is 383 g/mol. The van der Waals surface area contributed by atoms with E-state index in [9.17, 15) is 4.79 Å². The zero-order valence-electron chi connectivity index (χ0n) is 16.7. The number of benzene rings is 2. The van der Waals surface area contributed by atoms with Crippen LogP contribution in [0.3, 0.4) is 0 Å². The first-order valence-electron chi connectivity index (χ1n) is 9.76. The summed E-state index contributed by atoms with van der Waals surface area (Å²) in [6.07, 6.45) is 3.74. The van der Waals surface area contributed by atoms with E-state index in [2.05, 4.69) is 21.6 Å². The van der Waals surface area contributed by atoms with Crippen LogP contribution < -0.4 is 25.0 Å². The maximum atomic E-state index is 12.3. The fraction of sp³-hybridized carbons (Fsp3) is 0.409. The second-order valence-corrected chi connectivity index (χ2v) is 6.88. The molecule has 2 aromatic carbocycles. The van der Waals surface area contributed by atoms with Crippen LogP contribution in [0.4, 0.5) is 11.4 Å². The van der Waals surface area contributed by atoms with Crippen LogP contribution in [0.15, 0.2) is 42.5 Å². The molecular formula is C22H29N3O3. The van der Waals surface area contributed by atoms with Crippen LogP contribution in [0.5, 0.6) is 11.5 Å². The Morgan fingerprint density at radius 3 is 2.50 bits per heavy atom. The standard InChI is InChI=1S/C22H29N3O3/c1-27-20-11-10-17(14-21(20)28-2)15-24-22(26)16-23-18-8-4-5-9-19(18)25-12-6-3-7-13-25/h4-5,8-11,14,23H,3,6-7,12-13,15-16H2,1-2H3,(H,24,26). The lowest BCUT2D eigenvalue weighted by molar-refractivity contribution is -0.119. The van der Waals surface area contributed by atoms with Gasteiger partial charge in [0, 0.05) is 19.6 Å². The van der Waals surface area contributed by atoms with Gasteiger partial charge in [0.25, 0.3) is 0 Å². The molecule has 6 nitrogen and oxygen atoms in total. The normalized spacial score (nSPS) is 13.7. The van der Waals surface area contributed by atoms with Crippen molar-refractivity contribution in [2.75, 3.05) is 44.1 Å². The van der Waals surface area contributed by atoms with Crippen LogP contribution >= 0.6 is 0 Å². The SMILES string of the molecule is COc1ccc(CNC(=O)CNc2ccccc2N2CCCCC2)cc1OC. The number of carbonyl (C=O) groups excluding carboxylic acids is 1. The fourth-order valence-electron chi connectivity index (χ4n) is 3.46. The van der Waals surface area contributed by atoms with Crippen molar-refractivity contribution in [1.82, 2.24) is 5.32 Å². The van der Waals surface area contributed by atoms with Gasteiger partial charge in [-0.3, -0.25) is 4.79 Å². The average Bonchev–Trinajstić information content (AvgIpc) is 2.76. The van der Waals surface area contributed by atoms with Crippen molar-refractivity contribution in [2.24, 2.45) is 0 Å². The molecule has 2 N–H and O–H groups in total. The van der Waals surface area contributed by atoms with E-state index in [-0.39, 0.29) is 12.5 Å². The van der Waals surface area contributed by atoms with Crippen LogP contribution in [0, 0.1) is 0 Å². The number of anilines is 2. The molecule has 3 rings (SSSR count). The molecule has 1 aliphatic rings. The van der Waals surface area contributed by atoms with Gasteiger partial charge in [0.2, 0.25) is 5.91 Å². The van der Waals surface area contributed by atoms with Crippen molar-refractivity contribution >= 4 is 17.3 Å². The van der Waals surface area contributed by atoms with E-state index in [1.54, 1.807) is 14.2 Å². The van der Waals surface area contributed by atoms with Crippen molar-refractivity contribution in [3.63, 3.8) is 0 Å². The highest BCUT2D eigenvalue weighted by Gasteiger charge is 2.14. The van der Waals surface area contributed by atoms with Crippen LogP contribution in [0.2, 0.25) is 0 Å².